The second-order valence-corrected chi connectivity index (χ2v) is 11.6. The molecule has 3 aromatic rings. The minimum absolute atomic E-state index is 0.131. The number of aromatic nitrogens is 1. The van der Waals surface area contributed by atoms with Crippen LogP contribution in [0.4, 0.5) is 15.4 Å². The molecule has 0 saturated carbocycles. The fraction of sp³-hybridized carbons (Fsp3) is 0.367. The van der Waals surface area contributed by atoms with Crippen molar-refractivity contribution in [3.05, 3.63) is 76.4 Å². The van der Waals surface area contributed by atoms with E-state index in [-0.39, 0.29) is 5.82 Å². The van der Waals surface area contributed by atoms with Crippen molar-refractivity contribution in [2.24, 2.45) is 0 Å². The number of ether oxygens (including phenoxy) is 3. The maximum atomic E-state index is 13.4. The first-order valence-corrected chi connectivity index (χ1v) is 13.3. The molecule has 0 spiro atoms. The zero-order valence-electron chi connectivity index (χ0n) is 23.0. The van der Waals surface area contributed by atoms with Crippen LogP contribution in [0, 0.1) is 0 Å². The minimum Gasteiger partial charge on any atom is -0.489 e. The Morgan fingerprint density at radius 3 is 1.92 bits per heavy atom. The van der Waals surface area contributed by atoms with E-state index in [1.165, 1.54) is 0 Å². The number of nitrogens with zero attached hydrogens (tertiary/aromatic N) is 2. The number of carbonyl (C=O) groups is 2. The average Bonchev–Trinajstić information content (AvgIpc) is 2.82. The minimum atomic E-state index is -0.868. The lowest BCUT2D eigenvalue weighted by atomic mass is 9.98. The molecule has 38 heavy (non-hydrogen) atoms. The van der Waals surface area contributed by atoms with Crippen LogP contribution in [0.5, 0.6) is 5.75 Å². The number of imide groups is 1. The first kappa shape index (κ1) is 29.2. The number of benzene rings is 2. The Balaban J connectivity index is 2.07. The van der Waals surface area contributed by atoms with Crippen molar-refractivity contribution in [1.82, 2.24) is 4.98 Å². The van der Waals surface area contributed by atoms with Crippen molar-refractivity contribution < 1.29 is 23.8 Å². The molecule has 0 atom stereocenters. The van der Waals surface area contributed by atoms with E-state index in [0.717, 1.165) is 26.1 Å². The van der Waals surface area contributed by atoms with Crippen LogP contribution in [0.3, 0.4) is 0 Å². The normalized spacial score (nSPS) is 11.6. The summed E-state index contributed by atoms with van der Waals surface area (Å²) in [6.45, 7) is 12.9. The summed E-state index contributed by atoms with van der Waals surface area (Å²) in [6.07, 6.45) is 0.464. The van der Waals surface area contributed by atoms with Gasteiger partial charge in [0, 0.05) is 16.2 Å². The smallest absolute Gasteiger partial charge is 0.425 e. The standard InChI is InChI=1S/C30H35BrN2O5/c1-8-23-24(31)18-32-26(33(27(34)37-29(2,3)4)28(35)38-30(5,6)7)25(23)21-14-16-22(17-15-21)36-19-20-12-10-9-11-13-20/h9-18H,8,19H2,1-7H3. The van der Waals surface area contributed by atoms with Gasteiger partial charge in [-0.05, 0) is 92.7 Å². The number of anilines is 1. The topological polar surface area (TPSA) is 78.0 Å². The van der Waals surface area contributed by atoms with Crippen molar-refractivity contribution in [1.29, 1.82) is 0 Å². The number of pyridine rings is 1. The van der Waals surface area contributed by atoms with Crippen molar-refractivity contribution in [3.63, 3.8) is 0 Å². The fourth-order valence-electron chi connectivity index (χ4n) is 3.65. The quantitative estimate of drug-likeness (QED) is 0.290. The van der Waals surface area contributed by atoms with Gasteiger partial charge in [0.1, 0.15) is 23.6 Å². The number of amides is 2. The van der Waals surface area contributed by atoms with E-state index in [4.69, 9.17) is 14.2 Å². The molecule has 0 aliphatic carbocycles. The Morgan fingerprint density at radius 2 is 1.42 bits per heavy atom. The third-order valence-corrected chi connectivity index (χ3v) is 5.91. The third kappa shape index (κ3) is 7.81. The highest BCUT2D eigenvalue weighted by molar-refractivity contribution is 9.10. The Labute approximate surface area is 233 Å². The molecule has 0 unspecified atom stereocenters. The maximum Gasteiger partial charge on any atom is 0.425 e. The number of rotatable bonds is 6. The lowest BCUT2D eigenvalue weighted by Crippen LogP contribution is -2.44. The summed E-state index contributed by atoms with van der Waals surface area (Å²) in [5.41, 5.74) is 1.65. The van der Waals surface area contributed by atoms with Gasteiger partial charge in [-0.3, -0.25) is 0 Å². The van der Waals surface area contributed by atoms with Crippen LogP contribution in [-0.4, -0.2) is 28.4 Å². The average molecular weight is 584 g/mol. The van der Waals surface area contributed by atoms with Gasteiger partial charge in [-0.2, -0.15) is 4.90 Å². The molecule has 0 saturated heterocycles. The second kappa shape index (κ2) is 12.0. The lowest BCUT2D eigenvalue weighted by Gasteiger charge is -2.29. The van der Waals surface area contributed by atoms with Crippen LogP contribution in [-0.2, 0) is 22.5 Å². The highest BCUT2D eigenvalue weighted by Crippen LogP contribution is 2.38. The second-order valence-electron chi connectivity index (χ2n) is 10.7. The number of halogens is 1. The van der Waals surface area contributed by atoms with E-state index in [1.807, 2.05) is 61.5 Å². The molecule has 0 fully saturated rings. The summed E-state index contributed by atoms with van der Waals surface area (Å²) in [5.74, 6) is 0.822. The molecule has 7 nitrogen and oxygen atoms in total. The number of hydrogen-bond donors (Lipinski definition) is 0. The number of carbonyl (C=O) groups excluding carboxylic acids is 2. The van der Waals surface area contributed by atoms with E-state index in [1.54, 1.807) is 47.7 Å². The molecule has 1 heterocycles. The summed E-state index contributed by atoms with van der Waals surface area (Å²) in [5, 5.41) is 0. The first-order valence-electron chi connectivity index (χ1n) is 12.5. The molecule has 2 aromatic carbocycles. The molecule has 2 amide bonds. The van der Waals surface area contributed by atoms with Crippen molar-refractivity contribution in [2.75, 3.05) is 4.90 Å². The number of hydrogen-bond acceptors (Lipinski definition) is 6. The Bertz CT molecular complexity index is 1230. The predicted octanol–water partition coefficient (Wildman–Crippen LogP) is 8.33. The van der Waals surface area contributed by atoms with E-state index >= 15 is 0 Å². The highest BCUT2D eigenvalue weighted by Gasteiger charge is 2.36. The van der Waals surface area contributed by atoms with Crippen molar-refractivity contribution in [3.8, 4) is 16.9 Å². The van der Waals surface area contributed by atoms with Crippen LogP contribution < -0.4 is 9.64 Å². The van der Waals surface area contributed by atoms with Crippen LogP contribution in [0.15, 0.2) is 65.3 Å². The molecular weight excluding hydrogens is 548 g/mol. The summed E-state index contributed by atoms with van der Waals surface area (Å²) >= 11 is 3.59. The first-order chi connectivity index (χ1) is 17.8. The molecule has 8 heteroatoms. The van der Waals surface area contributed by atoms with E-state index in [9.17, 15) is 9.59 Å². The van der Waals surface area contributed by atoms with Gasteiger partial charge >= 0.3 is 12.2 Å². The molecule has 1 aromatic heterocycles. The zero-order valence-corrected chi connectivity index (χ0v) is 24.6. The molecule has 0 bridgehead atoms. The third-order valence-electron chi connectivity index (χ3n) is 5.22. The van der Waals surface area contributed by atoms with Crippen LogP contribution in [0.2, 0.25) is 0 Å². The Hall–Kier alpha value is -3.39. The van der Waals surface area contributed by atoms with Gasteiger partial charge < -0.3 is 14.2 Å². The zero-order chi connectivity index (χ0) is 28.1. The summed E-state index contributed by atoms with van der Waals surface area (Å²) in [4.78, 5) is 32.1. The summed E-state index contributed by atoms with van der Waals surface area (Å²) < 4.78 is 17.9. The Kier molecular flexibility index (Phi) is 9.20. The van der Waals surface area contributed by atoms with E-state index in [0.29, 0.717) is 24.3 Å². The molecule has 0 aliphatic rings. The van der Waals surface area contributed by atoms with Crippen LogP contribution in [0.25, 0.3) is 11.1 Å². The van der Waals surface area contributed by atoms with Crippen molar-refractivity contribution in [2.45, 2.75) is 72.7 Å². The monoisotopic (exact) mass is 582 g/mol. The van der Waals surface area contributed by atoms with Gasteiger partial charge in [0.25, 0.3) is 0 Å². The van der Waals surface area contributed by atoms with Gasteiger partial charge in [0.2, 0.25) is 0 Å². The van der Waals surface area contributed by atoms with Gasteiger partial charge in [-0.15, -0.1) is 0 Å². The van der Waals surface area contributed by atoms with Gasteiger partial charge in [-0.25, -0.2) is 14.6 Å². The van der Waals surface area contributed by atoms with Crippen LogP contribution >= 0.6 is 15.9 Å². The van der Waals surface area contributed by atoms with Crippen LogP contribution in [0.1, 0.15) is 59.6 Å². The molecule has 0 N–H and O–H groups in total. The summed E-state index contributed by atoms with van der Waals surface area (Å²) in [7, 11) is 0. The molecule has 3 rings (SSSR count). The molecule has 202 valence electrons. The predicted molar refractivity (Wildman–Crippen MR) is 152 cm³/mol. The van der Waals surface area contributed by atoms with Gasteiger partial charge in [0.15, 0.2) is 5.82 Å². The van der Waals surface area contributed by atoms with E-state index in [2.05, 4.69) is 20.9 Å². The highest BCUT2D eigenvalue weighted by atomic mass is 79.9. The van der Waals surface area contributed by atoms with Crippen molar-refractivity contribution >= 4 is 33.9 Å². The Morgan fingerprint density at radius 1 is 0.868 bits per heavy atom. The molecule has 0 aliphatic heterocycles. The fourth-order valence-corrected chi connectivity index (χ4v) is 4.24. The largest absolute Gasteiger partial charge is 0.489 e. The van der Waals surface area contributed by atoms with Gasteiger partial charge in [0.05, 0.1) is 0 Å². The maximum absolute atomic E-state index is 13.4. The van der Waals surface area contributed by atoms with Gasteiger partial charge in [-0.1, -0.05) is 49.4 Å². The molecule has 0 radical (unpaired) electrons. The summed E-state index contributed by atoms with van der Waals surface area (Å²) in [6, 6.07) is 17.4. The lowest BCUT2D eigenvalue weighted by molar-refractivity contribution is 0.0429. The molecular formula is C30H35BrN2O5. The van der Waals surface area contributed by atoms with E-state index < -0.39 is 23.4 Å². The SMILES string of the molecule is CCc1c(Br)cnc(N(C(=O)OC(C)(C)C)C(=O)OC(C)(C)C)c1-c1ccc(OCc2ccccc2)cc1.